The lowest BCUT2D eigenvalue weighted by molar-refractivity contribution is 0.452. The van der Waals surface area contributed by atoms with Crippen LogP contribution in [0.1, 0.15) is 13.3 Å². The standard InChI is InChI=1S/C3H6BrF/c1-2-3(4)5/h3H,2H2,1H3/i5-1. The first-order chi connectivity index (χ1) is 2.27. The maximum Gasteiger partial charge on any atom is 0.154 e. The molecule has 0 bridgehead atoms. The molecule has 0 radical (unpaired) electrons. The number of alkyl halides is 2. The van der Waals surface area contributed by atoms with E-state index in [1.54, 1.807) is 6.92 Å². The molecule has 0 aliphatic heterocycles. The molecule has 0 aromatic rings. The van der Waals surface area contributed by atoms with Crippen LogP contribution in [-0.4, -0.2) is 5.08 Å². The Morgan fingerprint density at radius 3 is 2.20 bits per heavy atom. The molecule has 0 aliphatic carbocycles. The van der Waals surface area contributed by atoms with E-state index in [9.17, 15) is 4.39 Å². The predicted octanol–water partition coefficient (Wildman–Crippen LogP) is 2.09. The average molecular weight is 140 g/mol. The zero-order valence-electron chi connectivity index (χ0n) is 3.04. The van der Waals surface area contributed by atoms with Crippen molar-refractivity contribution in [1.82, 2.24) is 0 Å². The first kappa shape index (κ1) is 5.41. The van der Waals surface area contributed by atoms with Gasteiger partial charge in [-0.25, -0.2) is 4.39 Å². The van der Waals surface area contributed by atoms with Crippen molar-refractivity contribution < 1.29 is 4.39 Å². The van der Waals surface area contributed by atoms with E-state index in [2.05, 4.69) is 15.9 Å². The molecule has 0 spiro atoms. The quantitative estimate of drug-likeness (QED) is 0.489. The molecular weight excluding hydrogens is 134 g/mol. The van der Waals surface area contributed by atoms with Crippen molar-refractivity contribution in [3.63, 3.8) is 0 Å². The maximum atomic E-state index is 11.3. The van der Waals surface area contributed by atoms with Gasteiger partial charge in [-0.15, -0.1) is 0 Å². The Morgan fingerprint density at radius 1 is 2.00 bits per heavy atom. The third-order valence-corrected chi connectivity index (χ3v) is 0.956. The molecule has 2 heteroatoms. The minimum atomic E-state index is -0.803. The average Bonchev–Trinajstić information content (AvgIpc) is 1.38. The summed E-state index contributed by atoms with van der Waals surface area (Å²) in [5.41, 5.74) is 0. The van der Waals surface area contributed by atoms with Gasteiger partial charge in [-0.3, -0.25) is 0 Å². The number of hydrogen-bond donors (Lipinski definition) is 0. The molecule has 1 unspecified atom stereocenters. The van der Waals surface area contributed by atoms with Crippen molar-refractivity contribution in [2.75, 3.05) is 0 Å². The first-order valence-corrected chi connectivity index (χ1v) is 2.47. The Hall–Kier alpha value is 0.410. The van der Waals surface area contributed by atoms with Crippen molar-refractivity contribution >= 4 is 15.9 Å². The van der Waals surface area contributed by atoms with E-state index in [0.717, 1.165) is 0 Å². The number of rotatable bonds is 1. The van der Waals surface area contributed by atoms with Crippen molar-refractivity contribution in [2.45, 2.75) is 18.4 Å². The Labute approximate surface area is 39.5 Å². The molecule has 0 rings (SSSR count). The van der Waals surface area contributed by atoms with Gasteiger partial charge in [0.15, 0.2) is 5.08 Å². The molecule has 0 aromatic carbocycles. The first-order valence-electron chi connectivity index (χ1n) is 1.55. The van der Waals surface area contributed by atoms with E-state index in [4.69, 9.17) is 0 Å². The van der Waals surface area contributed by atoms with Crippen LogP contribution in [0.2, 0.25) is 0 Å². The summed E-state index contributed by atoms with van der Waals surface area (Å²) < 4.78 is 11.3. The summed E-state index contributed by atoms with van der Waals surface area (Å²) >= 11 is 2.71. The molecular formula is C3H6BrF. The lowest BCUT2D eigenvalue weighted by atomic mass is 10.6. The SMILES string of the molecule is CCC([18F])Br. The number of halogens is 2. The highest BCUT2D eigenvalue weighted by Gasteiger charge is 1.88. The van der Waals surface area contributed by atoms with Crippen LogP contribution in [0.15, 0.2) is 0 Å². The van der Waals surface area contributed by atoms with Crippen molar-refractivity contribution in [3.05, 3.63) is 0 Å². The summed E-state index contributed by atoms with van der Waals surface area (Å²) in [7, 11) is 0. The molecule has 1 atom stereocenters. The maximum absolute atomic E-state index is 11.3. The van der Waals surface area contributed by atoms with E-state index in [1.165, 1.54) is 0 Å². The lowest BCUT2D eigenvalue weighted by Gasteiger charge is -1.83. The van der Waals surface area contributed by atoms with Gasteiger partial charge >= 0.3 is 0 Å². The van der Waals surface area contributed by atoms with Crippen LogP contribution in [-0.2, 0) is 0 Å². The van der Waals surface area contributed by atoms with Gasteiger partial charge in [0.05, 0.1) is 0 Å². The van der Waals surface area contributed by atoms with Gasteiger partial charge in [-0.05, 0) is 6.42 Å². The van der Waals surface area contributed by atoms with E-state index in [-0.39, 0.29) is 0 Å². The molecule has 0 saturated heterocycles. The Morgan fingerprint density at radius 2 is 2.20 bits per heavy atom. The van der Waals surface area contributed by atoms with Gasteiger partial charge in [0, 0.05) is 0 Å². The predicted molar refractivity (Wildman–Crippen MR) is 24.1 cm³/mol. The molecule has 0 nitrogen and oxygen atoms in total. The molecule has 0 aromatic heterocycles. The summed E-state index contributed by atoms with van der Waals surface area (Å²) in [5.74, 6) is 0. The third kappa shape index (κ3) is 4.41. The third-order valence-electron chi connectivity index (χ3n) is 0.309. The van der Waals surface area contributed by atoms with Crippen LogP contribution in [0.5, 0.6) is 0 Å². The van der Waals surface area contributed by atoms with Crippen LogP contribution in [0.4, 0.5) is 4.39 Å². The summed E-state index contributed by atoms with van der Waals surface area (Å²) in [6.45, 7) is 1.78. The molecule has 5 heavy (non-hydrogen) atoms. The van der Waals surface area contributed by atoms with Gasteiger partial charge in [0.1, 0.15) is 0 Å². The van der Waals surface area contributed by atoms with Crippen LogP contribution < -0.4 is 0 Å². The Kier molecular flexibility index (Phi) is 2.85. The molecule has 0 fully saturated rings. The van der Waals surface area contributed by atoms with E-state index in [1.807, 2.05) is 0 Å². The van der Waals surface area contributed by atoms with Crippen LogP contribution in [0.3, 0.4) is 0 Å². The molecule has 0 aliphatic rings. The van der Waals surface area contributed by atoms with Gasteiger partial charge in [0.25, 0.3) is 0 Å². The summed E-state index contributed by atoms with van der Waals surface area (Å²) in [5, 5.41) is -0.803. The second-order valence-electron chi connectivity index (χ2n) is 0.799. The summed E-state index contributed by atoms with van der Waals surface area (Å²) in [6, 6.07) is 0. The van der Waals surface area contributed by atoms with Crippen LogP contribution in [0, 0.1) is 0 Å². The fourth-order valence-corrected chi connectivity index (χ4v) is 0. The van der Waals surface area contributed by atoms with Crippen LogP contribution in [0.25, 0.3) is 0 Å². The molecule has 0 saturated carbocycles. The monoisotopic (exact) mass is 139 g/mol. The highest BCUT2D eigenvalue weighted by Crippen LogP contribution is 2.02. The Balaban J connectivity index is 2.54. The zero-order chi connectivity index (χ0) is 4.28. The second-order valence-corrected chi connectivity index (χ2v) is 1.79. The summed E-state index contributed by atoms with van der Waals surface area (Å²) in [6.07, 6.45) is 0.556. The van der Waals surface area contributed by atoms with Crippen molar-refractivity contribution in [1.29, 1.82) is 0 Å². The largest absolute Gasteiger partial charge is 0.235 e. The fourth-order valence-electron chi connectivity index (χ4n) is 0. The van der Waals surface area contributed by atoms with Gasteiger partial charge in [0.2, 0.25) is 0 Å². The topological polar surface area (TPSA) is 0 Å². The second kappa shape index (κ2) is 2.64. The smallest absolute Gasteiger partial charge is 0.154 e. The molecule has 32 valence electrons. The van der Waals surface area contributed by atoms with Gasteiger partial charge in [-0.1, -0.05) is 22.9 Å². The van der Waals surface area contributed by atoms with Crippen molar-refractivity contribution in [3.8, 4) is 0 Å². The Bertz CT molecular complexity index is 20.9. The number of hydrogen-bond acceptors (Lipinski definition) is 0. The zero-order valence-corrected chi connectivity index (χ0v) is 4.63. The molecule has 0 N–H and O–H groups in total. The highest BCUT2D eigenvalue weighted by atomic mass is 79.9. The normalized spacial score (nSPS) is 15.0. The van der Waals surface area contributed by atoms with Gasteiger partial charge < -0.3 is 0 Å². The lowest BCUT2D eigenvalue weighted by Crippen LogP contribution is -1.77. The minimum absolute atomic E-state index is 0.556. The van der Waals surface area contributed by atoms with E-state index < -0.39 is 5.08 Å². The minimum Gasteiger partial charge on any atom is -0.235 e. The van der Waals surface area contributed by atoms with Gasteiger partial charge in [-0.2, -0.15) is 0 Å². The summed E-state index contributed by atoms with van der Waals surface area (Å²) in [4.78, 5) is 0. The van der Waals surface area contributed by atoms with E-state index >= 15 is 0 Å². The molecule has 0 amide bonds. The fraction of sp³-hybridized carbons (Fsp3) is 1.00. The van der Waals surface area contributed by atoms with E-state index in [0.29, 0.717) is 6.42 Å². The van der Waals surface area contributed by atoms with Crippen molar-refractivity contribution in [2.24, 2.45) is 0 Å². The van der Waals surface area contributed by atoms with Crippen LogP contribution >= 0.6 is 15.9 Å². The highest BCUT2D eigenvalue weighted by molar-refractivity contribution is 9.09. The molecule has 0 heterocycles.